The highest BCUT2D eigenvalue weighted by atomic mass is 16.5. The van der Waals surface area contributed by atoms with Crippen molar-refractivity contribution in [1.82, 2.24) is 9.55 Å². The van der Waals surface area contributed by atoms with Gasteiger partial charge in [-0.1, -0.05) is 19.9 Å². The van der Waals surface area contributed by atoms with Crippen LogP contribution in [0.4, 0.5) is 5.95 Å². The van der Waals surface area contributed by atoms with Gasteiger partial charge in [-0.05, 0) is 30.9 Å². The molecule has 2 rings (SSSR count). The molecule has 0 fully saturated rings. The molecule has 5 heteroatoms. The molecule has 2 N–H and O–H groups in total. The quantitative estimate of drug-likeness (QED) is 0.851. The fraction of sp³-hybridized carbons (Fsp3) is 0.562. The van der Waals surface area contributed by atoms with Crippen LogP contribution in [0.15, 0.2) is 18.2 Å². The van der Waals surface area contributed by atoms with Gasteiger partial charge >= 0.3 is 0 Å². The van der Waals surface area contributed by atoms with Gasteiger partial charge < -0.3 is 19.8 Å². The molecule has 0 saturated heterocycles. The number of nitrogen functional groups attached to an aromatic ring is 1. The van der Waals surface area contributed by atoms with E-state index in [1.165, 1.54) is 0 Å². The average molecular weight is 291 g/mol. The summed E-state index contributed by atoms with van der Waals surface area (Å²) in [7, 11) is 1.73. The third-order valence-electron chi connectivity index (χ3n) is 3.64. The second-order valence-corrected chi connectivity index (χ2v) is 6.02. The fourth-order valence-corrected chi connectivity index (χ4v) is 2.46. The first-order valence-corrected chi connectivity index (χ1v) is 7.35. The van der Waals surface area contributed by atoms with Crippen LogP contribution >= 0.6 is 0 Å². The second kappa shape index (κ2) is 6.35. The lowest BCUT2D eigenvalue weighted by Crippen LogP contribution is -2.22. The van der Waals surface area contributed by atoms with E-state index in [1.54, 1.807) is 7.11 Å². The van der Waals surface area contributed by atoms with E-state index in [2.05, 4.69) is 23.4 Å². The third-order valence-corrected chi connectivity index (χ3v) is 3.64. The van der Waals surface area contributed by atoms with Gasteiger partial charge in [0.05, 0.1) is 12.1 Å². The number of para-hydroxylation sites is 1. The van der Waals surface area contributed by atoms with Gasteiger partial charge in [0.25, 0.3) is 0 Å². The number of nitrogens with zero attached hydrogens (tertiary/aromatic N) is 2. The van der Waals surface area contributed by atoms with Gasteiger partial charge in [-0.3, -0.25) is 0 Å². The summed E-state index contributed by atoms with van der Waals surface area (Å²) in [4.78, 5) is 4.48. The first-order valence-electron chi connectivity index (χ1n) is 7.35. The van der Waals surface area contributed by atoms with E-state index < -0.39 is 0 Å². The molecule has 0 bridgehead atoms. The lowest BCUT2D eigenvalue weighted by atomic mass is 9.89. The van der Waals surface area contributed by atoms with Gasteiger partial charge in [0.15, 0.2) is 0 Å². The highest BCUT2D eigenvalue weighted by Gasteiger charge is 2.22. The largest absolute Gasteiger partial charge is 0.492 e. The summed E-state index contributed by atoms with van der Waals surface area (Å²) in [5, 5.41) is 0. The Labute approximate surface area is 126 Å². The lowest BCUT2D eigenvalue weighted by Gasteiger charge is -2.25. The van der Waals surface area contributed by atoms with Gasteiger partial charge in [0.1, 0.15) is 11.3 Å². The molecule has 0 atom stereocenters. The lowest BCUT2D eigenvalue weighted by molar-refractivity contribution is 0.143. The summed E-state index contributed by atoms with van der Waals surface area (Å²) in [6.07, 6.45) is 0.966. The molecule has 21 heavy (non-hydrogen) atoms. The van der Waals surface area contributed by atoms with Crippen LogP contribution in [0, 0.1) is 5.41 Å². The molecule has 116 valence electrons. The zero-order valence-corrected chi connectivity index (χ0v) is 13.3. The van der Waals surface area contributed by atoms with Gasteiger partial charge in [-0.15, -0.1) is 0 Å². The van der Waals surface area contributed by atoms with Crippen molar-refractivity contribution in [1.29, 1.82) is 0 Å². The molecule has 1 aromatic heterocycles. The summed E-state index contributed by atoms with van der Waals surface area (Å²) >= 11 is 0. The van der Waals surface area contributed by atoms with Gasteiger partial charge in [-0.25, -0.2) is 4.98 Å². The average Bonchev–Trinajstić information content (AvgIpc) is 2.74. The van der Waals surface area contributed by atoms with Crippen LogP contribution in [-0.2, 0) is 11.3 Å². The molecule has 0 spiro atoms. The highest BCUT2D eigenvalue weighted by molar-refractivity contribution is 5.84. The zero-order valence-electron chi connectivity index (χ0n) is 13.3. The maximum atomic E-state index is 6.12. The Morgan fingerprint density at radius 3 is 2.76 bits per heavy atom. The number of hydrogen-bond donors (Lipinski definition) is 1. The van der Waals surface area contributed by atoms with Crippen LogP contribution in [0.25, 0.3) is 11.0 Å². The molecule has 1 aromatic carbocycles. The first kappa shape index (κ1) is 15.6. The highest BCUT2D eigenvalue weighted by Crippen LogP contribution is 2.31. The molecule has 0 amide bonds. The monoisotopic (exact) mass is 291 g/mol. The fourth-order valence-electron chi connectivity index (χ4n) is 2.46. The molecule has 0 aliphatic heterocycles. The van der Waals surface area contributed by atoms with E-state index in [0.717, 1.165) is 36.4 Å². The van der Waals surface area contributed by atoms with Crippen LogP contribution in [-0.4, -0.2) is 29.9 Å². The summed E-state index contributed by atoms with van der Waals surface area (Å²) in [5.41, 5.74) is 8.05. The van der Waals surface area contributed by atoms with E-state index in [0.29, 0.717) is 12.6 Å². The van der Waals surface area contributed by atoms with Crippen LogP contribution in [0.1, 0.15) is 27.2 Å². The Morgan fingerprint density at radius 1 is 1.33 bits per heavy atom. The standard InChI is InChI=1S/C16H25N3O2/c1-5-21-13-8-6-7-12-14(13)18-15(17)19(12)11-16(2,3)9-10-20-4/h6-8H,5,9-11H2,1-4H3,(H2,17,18). The van der Waals surface area contributed by atoms with Crippen LogP contribution in [0.3, 0.4) is 0 Å². The van der Waals surface area contributed by atoms with E-state index in [9.17, 15) is 0 Å². The predicted octanol–water partition coefficient (Wildman–Crippen LogP) is 3.08. The van der Waals surface area contributed by atoms with Crippen molar-refractivity contribution >= 4 is 17.0 Å². The third kappa shape index (κ3) is 3.47. The maximum Gasteiger partial charge on any atom is 0.201 e. The maximum absolute atomic E-state index is 6.12. The van der Waals surface area contributed by atoms with Crippen LogP contribution in [0.5, 0.6) is 5.75 Å². The Hall–Kier alpha value is -1.75. The smallest absolute Gasteiger partial charge is 0.201 e. The second-order valence-electron chi connectivity index (χ2n) is 6.02. The number of imidazole rings is 1. The van der Waals surface area contributed by atoms with E-state index >= 15 is 0 Å². The summed E-state index contributed by atoms with van der Waals surface area (Å²) < 4.78 is 12.9. The van der Waals surface area contributed by atoms with E-state index in [4.69, 9.17) is 15.2 Å². The normalized spacial score (nSPS) is 12.0. The van der Waals surface area contributed by atoms with Gasteiger partial charge in [0, 0.05) is 20.3 Å². The van der Waals surface area contributed by atoms with Gasteiger partial charge in [0.2, 0.25) is 5.95 Å². The Morgan fingerprint density at radius 2 is 2.10 bits per heavy atom. The van der Waals surface area contributed by atoms with Crippen molar-refractivity contribution in [2.45, 2.75) is 33.7 Å². The Balaban J connectivity index is 2.36. The molecule has 0 aliphatic rings. The zero-order chi connectivity index (χ0) is 15.5. The molecule has 0 saturated carbocycles. The summed E-state index contributed by atoms with van der Waals surface area (Å²) in [5.74, 6) is 1.32. The van der Waals surface area contributed by atoms with Crippen molar-refractivity contribution in [3.05, 3.63) is 18.2 Å². The minimum atomic E-state index is 0.0827. The number of ether oxygens (including phenoxy) is 2. The first-order chi connectivity index (χ1) is 9.98. The summed E-state index contributed by atoms with van der Waals surface area (Å²) in [6, 6.07) is 5.94. The minimum absolute atomic E-state index is 0.0827. The van der Waals surface area contributed by atoms with Gasteiger partial charge in [-0.2, -0.15) is 0 Å². The SMILES string of the molecule is CCOc1cccc2c1nc(N)n2CC(C)(C)CCOC. The number of rotatable bonds is 7. The molecule has 0 radical (unpaired) electrons. The van der Waals surface area contributed by atoms with Crippen molar-refractivity contribution in [3.63, 3.8) is 0 Å². The molecule has 5 nitrogen and oxygen atoms in total. The van der Waals surface area contributed by atoms with Crippen molar-refractivity contribution in [2.24, 2.45) is 5.41 Å². The number of aromatic nitrogens is 2. The topological polar surface area (TPSA) is 62.3 Å². The van der Waals surface area contributed by atoms with E-state index in [-0.39, 0.29) is 5.41 Å². The molecule has 0 unspecified atom stereocenters. The number of fused-ring (bicyclic) bond motifs is 1. The Kier molecular flexibility index (Phi) is 4.73. The van der Waals surface area contributed by atoms with Crippen molar-refractivity contribution in [2.75, 3.05) is 26.1 Å². The van der Waals surface area contributed by atoms with Crippen molar-refractivity contribution in [3.8, 4) is 5.75 Å². The molecule has 2 aromatic rings. The van der Waals surface area contributed by atoms with E-state index in [1.807, 2.05) is 25.1 Å². The molecule has 0 aliphatic carbocycles. The molecular formula is C16H25N3O2. The minimum Gasteiger partial charge on any atom is -0.492 e. The predicted molar refractivity (Wildman–Crippen MR) is 85.6 cm³/mol. The molecule has 1 heterocycles. The number of hydrogen-bond acceptors (Lipinski definition) is 4. The van der Waals surface area contributed by atoms with Crippen LogP contribution in [0.2, 0.25) is 0 Å². The Bertz CT molecular complexity index is 605. The number of anilines is 1. The number of methoxy groups -OCH3 is 1. The number of benzene rings is 1. The van der Waals surface area contributed by atoms with Crippen molar-refractivity contribution < 1.29 is 9.47 Å². The number of nitrogens with two attached hydrogens (primary N) is 1. The summed E-state index contributed by atoms with van der Waals surface area (Å²) in [6.45, 7) is 8.55. The molecular weight excluding hydrogens is 266 g/mol. The van der Waals surface area contributed by atoms with Crippen LogP contribution < -0.4 is 10.5 Å².